The minimum absolute atomic E-state index is 0.922. The molecule has 12 N–H and O–H groups in total. The molecule has 17 heavy (non-hydrogen) atoms. The van der Waals surface area contributed by atoms with Crippen molar-refractivity contribution in [1.82, 2.24) is 0 Å². The molecular formula is C11H26N6. The zero-order valence-electron chi connectivity index (χ0n) is 10.3. The Kier molecular flexibility index (Phi) is 7.21. The van der Waals surface area contributed by atoms with Crippen LogP contribution >= 0.6 is 0 Å². The topological polar surface area (TPSA) is 156 Å². The van der Waals surface area contributed by atoms with E-state index in [4.69, 9.17) is 34.4 Å². The smallest absolute Gasteiger partial charge is 0.135 e. The van der Waals surface area contributed by atoms with Gasteiger partial charge in [0.2, 0.25) is 0 Å². The van der Waals surface area contributed by atoms with E-state index in [9.17, 15) is 0 Å². The second-order valence-corrected chi connectivity index (χ2v) is 4.44. The highest BCUT2D eigenvalue weighted by Crippen LogP contribution is 2.05. The molecule has 0 unspecified atom stereocenters. The molecule has 0 rings (SSSR count). The maximum absolute atomic E-state index is 5.38. The van der Waals surface area contributed by atoms with Gasteiger partial charge in [0.15, 0.2) is 0 Å². The predicted octanol–water partition coefficient (Wildman–Crippen LogP) is -0.891. The molecule has 0 spiro atoms. The Balaban J connectivity index is 3.43. The fraction of sp³-hybridized carbons (Fsp3) is 0.636. The minimum Gasteiger partial charge on any atom is -0.298 e. The molecule has 0 aromatic rings. The van der Waals surface area contributed by atoms with E-state index in [-0.39, 0.29) is 0 Å². The van der Waals surface area contributed by atoms with Gasteiger partial charge in [0.1, 0.15) is 11.6 Å². The van der Waals surface area contributed by atoms with E-state index in [1.807, 2.05) is 12.2 Å². The molecule has 0 saturated carbocycles. The van der Waals surface area contributed by atoms with Crippen molar-refractivity contribution in [2.75, 3.05) is 0 Å². The Morgan fingerprint density at radius 2 is 0.941 bits per heavy atom. The van der Waals surface area contributed by atoms with Gasteiger partial charge in [0.25, 0.3) is 0 Å². The fourth-order valence-corrected chi connectivity index (χ4v) is 1.28. The van der Waals surface area contributed by atoms with Crippen molar-refractivity contribution in [1.29, 1.82) is 0 Å². The van der Waals surface area contributed by atoms with Crippen molar-refractivity contribution in [2.45, 2.75) is 43.7 Å². The van der Waals surface area contributed by atoms with Gasteiger partial charge < -0.3 is 0 Å². The van der Waals surface area contributed by atoms with Crippen LogP contribution in [0.15, 0.2) is 24.3 Å². The molecule has 6 nitrogen and oxygen atoms in total. The Bertz CT molecular complexity index is 220. The molecule has 0 bridgehead atoms. The maximum Gasteiger partial charge on any atom is 0.135 e. The zero-order valence-corrected chi connectivity index (χ0v) is 10.3. The summed E-state index contributed by atoms with van der Waals surface area (Å²) in [6, 6.07) is 0. The van der Waals surface area contributed by atoms with Crippen molar-refractivity contribution in [2.24, 2.45) is 34.4 Å². The SMILES string of the molecule is NC(N)(N)C=CCCCCCC=CC(N)(N)N. The predicted molar refractivity (Wildman–Crippen MR) is 72.0 cm³/mol. The number of rotatable bonds is 8. The van der Waals surface area contributed by atoms with Crippen molar-refractivity contribution < 1.29 is 0 Å². The number of hydrogen-bond acceptors (Lipinski definition) is 6. The van der Waals surface area contributed by atoms with Crippen LogP contribution in [0.2, 0.25) is 0 Å². The molecule has 0 radical (unpaired) electrons. The third-order valence-corrected chi connectivity index (χ3v) is 2.05. The van der Waals surface area contributed by atoms with Crippen molar-refractivity contribution in [3.05, 3.63) is 24.3 Å². The van der Waals surface area contributed by atoms with Gasteiger partial charge in [-0.05, 0) is 37.8 Å². The van der Waals surface area contributed by atoms with E-state index in [0.29, 0.717) is 0 Å². The summed E-state index contributed by atoms with van der Waals surface area (Å²) in [5, 5.41) is 0. The molecular weight excluding hydrogens is 216 g/mol. The molecule has 0 heterocycles. The molecule has 6 heteroatoms. The van der Waals surface area contributed by atoms with Crippen LogP contribution in [-0.2, 0) is 0 Å². The van der Waals surface area contributed by atoms with Gasteiger partial charge in [0, 0.05) is 0 Å². The molecule has 0 fully saturated rings. The number of unbranched alkanes of at least 4 members (excludes halogenated alkanes) is 4. The average Bonchev–Trinajstić information content (AvgIpc) is 2.11. The van der Waals surface area contributed by atoms with Crippen LogP contribution in [0.3, 0.4) is 0 Å². The van der Waals surface area contributed by atoms with Crippen LogP contribution in [-0.4, -0.2) is 11.6 Å². The van der Waals surface area contributed by atoms with Crippen molar-refractivity contribution >= 4 is 0 Å². The summed E-state index contributed by atoms with van der Waals surface area (Å²) in [4.78, 5) is 0. The molecule has 0 aliphatic rings. The summed E-state index contributed by atoms with van der Waals surface area (Å²) in [6.45, 7) is 0. The second kappa shape index (κ2) is 7.54. The molecule has 0 saturated heterocycles. The van der Waals surface area contributed by atoms with E-state index in [1.54, 1.807) is 12.2 Å². The lowest BCUT2D eigenvalue weighted by Gasteiger charge is -2.12. The van der Waals surface area contributed by atoms with Crippen LogP contribution < -0.4 is 34.4 Å². The first-order valence-corrected chi connectivity index (χ1v) is 5.79. The van der Waals surface area contributed by atoms with E-state index in [0.717, 1.165) is 32.1 Å². The standard InChI is InChI=1S/C11H26N6/c12-10(13,14)8-6-4-2-1-3-5-7-9-11(15,16)17/h6-9H,1-5,12-17H2. The van der Waals surface area contributed by atoms with E-state index in [2.05, 4.69) is 0 Å². The minimum atomic E-state index is -1.20. The first kappa shape index (κ1) is 16.2. The molecule has 0 aliphatic heterocycles. The zero-order chi connectivity index (χ0) is 13.4. The molecule has 0 aromatic heterocycles. The summed E-state index contributed by atoms with van der Waals surface area (Å²) in [5.74, 6) is -2.40. The second-order valence-electron chi connectivity index (χ2n) is 4.44. The molecule has 0 aliphatic carbocycles. The Hall–Kier alpha value is -0.760. The molecule has 0 aromatic carbocycles. The van der Waals surface area contributed by atoms with E-state index < -0.39 is 11.6 Å². The number of hydrogen-bond donors (Lipinski definition) is 6. The van der Waals surface area contributed by atoms with Crippen molar-refractivity contribution in [3.8, 4) is 0 Å². The number of allylic oxidation sites excluding steroid dienone is 2. The highest BCUT2D eigenvalue weighted by Gasteiger charge is 2.04. The normalized spacial score (nSPS) is 14.0. The average molecular weight is 242 g/mol. The monoisotopic (exact) mass is 242 g/mol. The third kappa shape index (κ3) is 15.2. The Morgan fingerprint density at radius 1 is 0.588 bits per heavy atom. The van der Waals surface area contributed by atoms with E-state index >= 15 is 0 Å². The third-order valence-electron chi connectivity index (χ3n) is 2.05. The highest BCUT2D eigenvalue weighted by molar-refractivity contribution is 4.97. The highest BCUT2D eigenvalue weighted by atomic mass is 15.1. The Labute approximate surface area is 103 Å². The lowest BCUT2D eigenvalue weighted by atomic mass is 10.1. The van der Waals surface area contributed by atoms with Crippen LogP contribution in [0.4, 0.5) is 0 Å². The van der Waals surface area contributed by atoms with Gasteiger partial charge in [-0.2, -0.15) is 0 Å². The van der Waals surface area contributed by atoms with Crippen LogP contribution in [0.1, 0.15) is 32.1 Å². The van der Waals surface area contributed by atoms with Gasteiger partial charge >= 0.3 is 0 Å². The molecule has 0 amide bonds. The van der Waals surface area contributed by atoms with Gasteiger partial charge in [-0.25, -0.2) is 0 Å². The fourth-order valence-electron chi connectivity index (χ4n) is 1.28. The lowest BCUT2D eigenvalue weighted by molar-refractivity contribution is 0.577. The largest absolute Gasteiger partial charge is 0.298 e. The summed E-state index contributed by atoms with van der Waals surface area (Å²) in [6.07, 6.45) is 12.1. The maximum atomic E-state index is 5.38. The molecule has 0 atom stereocenters. The van der Waals surface area contributed by atoms with Crippen LogP contribution in [0.5, 0.6) is 0 Å². The quantitative estimate of drug-likeness (QED) is 0.184. The van der Waals surface area contributed by atoms with Crippen LogP contribution in [0, 0.1) is 0 Å². The van der Waals surface area contributed by atoms with Crippen molar-refractivity contribution in [3.63, 3.8) is 0 Å². The van der Waals surface area contributed by atoms with Crippen LogP contribution in [0.25, 0.3) is 0 Å². The summed E-state index contributed by atoms with van der Waals surface area (Å²) < 4.78 is 0. The van der Waals surface area contributed by atoms with Gasteiger partial charge in [-0.1, -0.05) is 18.6 Å². The first-order valence-electron chi connectivity index (χ1n) is 5.79. The Morgan fingerprint density at radius 3 is 1.24 bits per heavy atom. The van der Waals surface area contributed by atoms with Gasteiger partial charge in [-0.3, -0.25) is 34.4 Å². The summed E-state index contributed by atoms with van der Waals surface area (Å²) in [7, 11) is 0. The first-order chi connectivity index (χ1) is 7.71. The van der Waals surface area contributed by atoms with Gasteiger partial charge in [-0.15, -0.1) is 0 Å². The van der Waals surface area contributed by atoms with Gasteiger partial charge in [0.05, 0.1) is 0 Å². The number of nitrogens with two attached hydrogens (primary N) is 6. The molecule has 100 valence electrons. The summed E-state index contributed by atoms with van der Waals surface area (Å²) >= 11 is 0. The lowest BCUT2D eigenvalue weighted by Crippen LogP contribution is -2.56. The summed E-state index contributed by atoms with van der Waals surface area (Å²) in [5.41, 5.74) is 32.3. The van der Waals surface area contributed by atoms with E-state index in [1.165, 1.54) is 0 Å².